The molecule has 0 unspecified atom stereocenters. The first kappa shape index (κ1) is 15.5. The highest BCUT2D eigenvalue weighted by Crippen LogP contribution is 2.20. The van der Waals surface area contributed by atoms with Crippen molar-refractivity contribution < 1.29 is 9.47 Å². The minimum Gasteiger partial charge on any atom is -0.494 e. The van der Waals surface area contributed by atoms with Crippen molar-refractivity contribution in [3.63, 3.8) is 0 Å². The fourth-order valence-electron chi connectivity index (χ4n) is 1.72. The number of rotatable bonds is 7. The minimum absolute atomic E-state index is 0.318. The van der Waals surface area contributed by atoms with Gasteiger partial charge in [-0.15, -0.1) is 0 Å². The second-order valence-corrected chi connectivity index (χ2v) is 4.81. The van der Waals surface area contributed by atoms with E-state index in [-0.39, 0.29) is 0 Å². The van der Waals surface area contributed by atoms with Crippen molar-refractivity contribution in [1.29, 1.82) is 0 Å². The first-order chi connectivity index (χ1) is 10.2. The Hall–Kier alpha value is -1.85. The summed E-state index contributed by atoms with van der Waals surface area (Å²) in [6.07, 6.45) is 0.988. The fourth-order valence-corrected chi connectivity index (χ4v) is 1.93. The van der Waals surface area contributed by atoms with E-state index in [1.54, 1.807) is 13.2 Å². The monoisotopic (exact) mass is 307 g/mol. The number of nitrogens with one attached hydrogen (secondary N) is 1. The van der Waals surface area contributed by atoms with Crippen LogP contribution in [0.3, 0.4) is 0 Å². The molecule has 0 atom stereocenters. The van der Waals surface area contributed by atoms with Crippen LogP contribution in [-0.4, -0.2) is 23.7 Å². The average molecular weight is 308 g/mol. The van der Waals surface area contributed by atoms with E-state index in [2.05, 4.69) is 22.2 Å². The summed E-state index contributed by atoms with van der Waals surface area (Å²) in [5.74, 6) is 2.02. The molecule has 1 N–H and O–H groups in total. The van der Waals surface area contributed by atoms with E-state index in [9.17, 15) is 0 Å². The lowest BCUT2D eigenvalue weighted by Gasteiger charge is -2.09. The molecular formula is C15H18ClN3O2. The van der Waals surface area contributed by atoms with Crippen LogP contribution < -0.4 is 10.1 Å². The van der Waals surface area contributed by atoms with E-state index >= 15 is 0 Å². The van der Waals surface area contributed by atoms with Crippen molar-refractivity contribution in [3.8, 4) is 5.75 Å². The summed E-state index contributed by atoms with van der Waals surface area (Å²) in [6, 6.07) is 9.35. The van der Waals surface area contributed by atoms with Crippen molar-refractivity contribution in [1.82, 2.24) is 9.97 Å². The highest BCUT2D eigenvalue weighted by Gasteiger charge is 2.04. The molecule has 0 spiro atoms. The maximum Gasteiger partial charge on any atom is 0.158 e. The van der Waals surface area contributed by atoms with E-state index in [1.807, 2.05) is 24.3 Å². The molecule has 2 aromatic rings. The molecule has 1 heterocycles. The minimum atomic E-state index is 0.318. The van der Waals surface area contributed by atoms with Gasteiger partial charge in [0.05, 0.1) is 6.61 Å². The lowest BCUT2D eigenvalue weighted by molar-refractivity contribution is 0.178. The van der Waals surface area contributed by atoms with Gasteiger partial charge in [-0.2, -0.15) is 0 Å². The van der Waals surface area contributed by atoms with E-state index < -0.39 is 0 Å². The maximum absolute atomic E-state index is 5.97. The van der Waals surface area contributed by atoms with E-state index in [0.717, 1.165) is 17.9 Å². The standard InChI is InChI=1S/C15H18ClN3O2/c1-3-8-21-12-6-4-11(5-7-12)17-14-9-13(16)18-15(19-14)10-20-2/h4-7,9H,3,8,10H2,1-2H3,(H,17,18,19). The van der Waals surface area contributed by atoms with Crippen LogP contribution in [0.2, 0.25) is 5.15 Å². The predicted molar refractivity (Wildman–Crippen MR) is 83.3 cm³/mol. The topological polar surface area (TPSA) is 56.3 Å². The van der Waals surface area contributed by atoms with Gasteiger partial charge in [0.15, 0.2) is 5.82 Å². The van der Waals surface area contributed by atoms with E-state index in [4.69, 9.17) is 21.1 Å². The molecule has 0 aliphatic rings. The first-order valence-corrected chi connectivity index (χ1v) is 7.11. The largest absolute Gasteiger partial charge is 0.494 e. The number of hydrogen-bond acceptors (Lipinski definition) is 5. The zero-order valence-corrected chi connectivity index (χ0v) is 12.9. The first-order valence-electron chi connectivity index (χ1n) is 6.73. The van der Waals surface area contributed by atoms with Gasteiger partial charge < -0.3 is 14.8 Å². The van der Waals surface area contributed by atoms with Gasteiger partial charge >= 0.3 is 0 Å². The second-order valence-electron chi connectivity index (χ2n) is 4.42. The van der Waals surface area contributed by atoms with Crippen LogP contribution in [-0.2, 0) is 11.3 Å². The molecule has 1 aromatic heterocycles. The van der Waals surface area contributed by atoms with Crippen LogP contribution in [0, 0.1) is 0 Å². The Bertz CT molecular complexity index is 576. The Labute approximate surface area is 129 Å². The third kappa shape index (κ3) is 4.88. The Kier molecular flexibility index (Phi) is 5.78. The van der Waals surface area contributed by atoms with Gasteiger partial charge in [-0.25, -0.2) is 9.97 Å². The molecule has 112 valence electrons. The number of halogens is 1. The Morgan fingerprint density at radius 2 is 1.95 bits per heavy atom. The zero-order chi connectivity index (χ0) is 15.1. The zero-order valence-electron chi connectivity index (χ0n) is 12.1. The smallest absolute Gasteiger partial charge is 0.158 e. The van der Waals surface area contributed by atoms with E-state index in [0.29, 0.717) is 30.0 Å². The molecular weight excluding hydrogens is 290 g/mol. The summed E-state index contributed by atoms with van der Waals surface area (Å²) in [5, 5.41) is 3.56. The third-order valence-corrected chi connectivity index (χ3v) is 2.81. The van der Waals surface area contributed by atoms with Gasteiger partial charge in [0.2, 0.25) is 0 Å². The molecule has 0 saturated heterocycles. The normalized spacial score (nSPS) is 10.4. The quantitative estimate of drug-likeness (QED) is 0.788. The summed E-state index contributed by atoms with van der Waals surface area (Å²) in [4.78, 5) is 8.41. The SMILES string of the molecule is CCCOc1ccc(Nc2cc(Cl)nc(COC)n2)cc1. The molecule has 0 fully saturated rings. The maximum atomic E-state index is 5.97. The van der Waals surface area contributed by atoms with Crippen molar-refractivity contribution in [2.75, 3.05) is 19.0 Å². The van der Waals surface area contributed by atoms with Crippen molar-refractivity contribution in [2.45, 2.75) is 20.0 Å². The number of benzene rings is 1. The fraction of sp³-hybridized carbons (Fsp3) is 0.333. The summed E-state index contributed by atoms with van der Waals surface area (Å²) < 4.78 is 10.6. The van der Waals surface area contributed by atoms with Crippen LogP contribution >= 0.6 is 11.6 Å². The molecule has 0 bridgehead atoms. The van der Waals surface area contributed by atoms with Crippen LogP contribution in [0.4, 0.5) is 11.5 Å². The van der Waals surface area contributed by atoms with Gasteiger partial charge in [-0.05, 0) is 30.7 Å². The number of nitrogens with zero attached hydrogens (tertiary/aromatic N) is 2. The molecule has 0 aliphatic carbocycles. The van der Waals surface area contributed by atoms with Gasteiger partial charge in [0.1, 0.15) is 23.3 Å². The van der Waals surface area contributed by atoms with Crippen LogP contribution in [0.25, 0.3) is 0 Å². The number of hydrogen-bond donors (Lipinski definition) is 1. The molecule has 1 aromatic carbocycles. The van der Waals surface area contributed by atoms with Crippen molar-refractivity contribution in [2.24, 2.45) is 0 Å². The average Bonchev–Trinajstić information content (AvgIpc) is 2.46. The van der Waals surface area contributed by atoms with Gasteiger partial charge in [0.25, 0.3) is 0 Å². The highest BCUT2D eigenvalue weighted by atomic mass is 35.5. The lowest BCUT2D eigenvalue weighted by atomic mass is 10.3. The number of aromatic nitrogens is 2. The molecule has 2 rings (SSSR count). The predicted octanol–water partition coefficient (Wildman–Crippen LogP) is 3.81. The summed E-state index contributed by atoms with van der Waals surface area (Å²) in [7, 11) is 1.59. The number of ether oxygens (including phenoxy) is 2. The Morgan fingerprint density at radius 1 is 1.19 bits per heavy atom. The highest BCUT2D eigenvalue weighted by molar-refractivity contribution is 6.29. The molecule has 0 amide bonds. The van der Waals surface area contributed by atoms with Crippen LogP contribution in [0.5, 0.6) is 5.75 Å². The Balaban J connectivity index is 2.07. The van der Waals surface area contributed by atoms with Crippen LogP contribution in [0.15, 0.2) is 30.3 Å². The molecule has 6 heteroatoms. The molecule has 0 aliphatic heterocycles. The molecule has 0 saturated carbocycles. The van der Waals surface area contributed by atoms with Gasteiger partial charge in [0, 0.05) is 18.9 Å². The molecule has 5 nitrogen and oxygen atoms in total. The summed E-state index contributed by atoms with van der Waals surface area (Å²) in [6.45, 7) is 3.11. The van der Waals surface area contributed by atoms with Crippen LogP contribution in [0.1, 0.15) is 19.2 Å². The van der Waals surface area contributed by atoms with Gasteiger partial charge in [-0.3, -0.25) is 0 Å². The number of anilines is 2. The summed E-state index contributed by atoms with van der Waals surface area (Å²) in [5.41, 5.74) is 0.900. The molecule has 0 radical (unpaired) electrons. The second kappa shape index (κ2) is 7.81. The number of methoxy groups -OCH3 is 1. The molecule has 21 heavy (non-hydrogen) atoms. The van der Waals surface area contributed by atoms with Crippen molar-refractivity contribution in [3.05, 3.63) is 41.3 Å². The van der Waals surface area contributed by atoms with Crippen molar-refractivity contribution >= 4 is 23.1 Å². The van der Waals surface area contributed by atoms with E-state index in [1.165, 1.54) is 0 Å². The summed E-state index contributed by atoms with van der Waals surface area (Å²) >= 11 is 5.97. The lowest BCUT2D eigenvalue weighted by Crippen LogP contribution is -2.01. The third-order valence-electron chi connectivity index (χ3n) is 2.61. The Morgan fingerprint density at radius 3 is 2.62 bits per heavy atom. The van der Waals surface area contributed by atoms with Gasteiger partial charge in [-0.1, -0.05) is 18.5 Å².